The zero-order chi connectivity index (χ0) is 12.4. The Kier molecular flexibility index (Phi) is 3.46. The molecular weight excluding hydrogens is 276 g/mol. The van der Waals surface area contributed by atoms with E-state index in [4.69, 9.17) is 0 Å². The van der Waals surface area contributed by atoms with E-state index in [0.29, 0.717) is 0 Å². The monoisotopic (exact) mass is 288 g/mol. The van der Waals surface area contributed by atoms with Gasteiger partial charge in [-0.25, -0.2) is 0 Å². The summed E-state index contributed by atoms with van der Waals surface area (Å²) in [5.74, 6) is 0. The van der Waals surface area contributed by atoms with E-state index in [2.05, 4.69) is 47.0 Å². The molecule has 0 aliphatic carbocycles. The molecule has 0 bridgehead atoms. The highest BCUT2D eigenvalue weighted by Crippen LogP contribution is 2.42. The highest BCUT2D eigenvalue weighted by atomic mass is 32.1. The first kappa shape index (κ1) is 11.9. The number of hydrogen-bond acceptors (Lipinski definition) is 3. The maximum Gasteiger partial charge on any atom is 0.0529 e. The zero-order valence-corrected chi connectivity index (χ0v) is 12.2. The third kappa shape index (κ3) is 2.09. The predicted molar refractivity (Wildman–Crippen MR) is 84.8 cm³/mol. The molecule has 3 aromatic rings. The van der Waals surface area contributed by atoms with E-state index in [0.717, 1.165) is 6.42 Å². The minimum atomic E-state index is 0.943. The van der Waals surface area contributed by atoms with Gasteiger partial charge in [0.15, 0.2) is 0 Å². The number of rotatable bonds is 4. The summed E-state index contributed by atoms with van der Waals surface area (Å²) in [7, 11) is 0. The highest BCUT2D eigenvalue weighted by molar-refractivity contribution is 7.21. The van der Waals surface area contributed by atoms with E-state index in [1.54, 1.807) is 11.3 Å². The topological polar surface area (TPSA) is 0 Å². The van der Waals surface area contributed by atoms with Crippen molar-refractivity contribution in [2.24, 2.45) is 0 Å². The Bertz CT molecular complexity index is 641. The molecule has 3 rings (SSSR count). The minimum Gasteiger partial charge on any atom is -0.143 e. The van der Waals surface area contributed by atoms with Gasteiger partial charge >= 0.3 is 0 Å². The van der Waals surface area contributed by atoms with Crippen LogP contribution in [0, 0.1) is 0 Å². The Morgan fingerprint density at radius 2 is 1.78 bits per heavy atom. The Morgan fingerprint density at radius 1 is 0.944 bits per heavy atom. The van der Waals surface area contributed by atoms with Gasteiger partial charge in [-0.15, -0.1) is 40.6 Å². The molecule has 0 radical (unpaired) electrons. The molecule has 0 aromatic carbocycles. The quantitative estimate of drug-likeness (QED) is 0.522. The summed E-state index contributed by atoms with van der Waals surface area (Å²) in [5, 5.41) is 6.49. The van der Waals surface area contributed by atoms with Crippen molar-refractivity contribution in [2.75, 3.05) is 0 Å². The largest absolute Gasteiger partial charge is 0.143 e. The molecule has 0 fully saturated rings. The van der Waals surface area contributed by atoms with Crippen molar-refractivity contribution >= 4 is 34.0 Å². The fourth-order valence-electron chi connectivity index (χ4n) is 1.97. The summed E-state index contributed by atoms with van der Waals surface area (Å²) in [6.45, 7) is 3.84. The van der Waals surface area contributed by atoms with E-state index >= 15 is 0 Å². The second kappa shape index (κ2) is 5.22. The summed E-state index contributed by atoms with van der Waals surface area (Å²) in [4.78, 5) is 4.13. The number of hydrogen-bond donors (Lipinski definition) is 0. The molecule has 90 valence electrons. The average molecular weight is 288 g/mol. The van der Waals surface area contributed by atoms with Crippen molar-refractivity contribution in [2.45, 2.75) is 6.42 Å². The Balaban J connectivity index is 2.10. The molecule has 3 heterocycles. The second-order valence-corrected chi connectivity index (χ2v) is 6.69. The summed E-state index contributed by atoms with van der Waals surface area (Å²) in [6, 6.07) is 8.75. The van der Waals surface area contributed by atoms with Crippen molar-refractivity contribution in [1.29, 1.82) is 0 Å². The first-order valence-corrected chi connectivity index (χ1v) is 8.33. The van der Waals surface area contributed by atoms with Crippen LogP contribution in [0.25, 0.3) is 20.2 Å². The molecule has 0 saturated carbocycles. The molecule has 0 N–H and O–H groups in total. The van der Waals surface area contributed by atoms with Gasteiger partial charge < -0.3 is 0 Å². The molecule has 0 aliphatic rings. The van der Waals surface area contributed by atoms with Gasteiger partial charge in [0, 0.05) is 15.3 Å². The fourth-order valence-corrected chi connectivity index (χ4v) is 4.80. The lowest BCUT2D eigenvalue weighted by Crippen LogP contribution is -1.80. The van der Waals surface area contributed by atoms with Crippen LogP contribution >= 0.6 is 34.0 Å². The minimum absolute atomic E-state index is 0.943. The van der Waals surface area contributed by atoms with Gasteiger partial charge in [0.1, 0.15) is 0 Å². The molecule has 0 amide bonds. The molecule has 0 atom stereocenters. The Labute approximate surface area is 119 Å². The lowest BCUT2D eigenvalue weighted by atomic mass is 10.1. The second-order valence-electron chi connectivity index (χ2n) is 3.91. The smallest absolute Gasteiger partial charge is 0.0529 e. The van der Waals surface area contributed by atoms with Crippen LogP contribution in [0.4, 0.5) is 0 Å². The van der Waals surface area contributed by atoms with Crippen LogP contribution in [0.15, 0.2) is 53.1 Å². The van der Waals surface area contributed by atoms with Gasteiger partial charge in [-0.05, 0) is 46.3 Å². The summed E-state index contributed by atoms with van der Waals surface area (Å²) in [6.07, 6.45) is 2.92. The van der Waals surface area contributed by atoms with E-state index in [1.807, 2.05) is 28.7 Å². The lowest BCUT2D eigenvalue weighted by Gasteiger charge is -2.02. The lowest BCUT2D eigenvalue weighted by molar-refractivity contribution is 1.31. The molecule has 0 spiro atoms. The summed E-state index contributed by atoms with van der Waals surface area (Å²) < 4.78 is 0. The summed E-state index contributed by atoms with van der Waals surface area (Å²) >= 11 is 5.45. The van der Waals surface area contributed by atoms with Gasteiger partial charge in [0.05, 0.1) is 4.88 Å². The zero-order valence-electron chi connectivity index (χ0n) is 9.76. The van der Waals surface area contributed by atoms with Crippen LogP contribution in [0.1, 0.15) is 5.56 Å². The number of thiophene rings is 3. The molecule has 0 aliphatic heterocycles. The van der Waals surface area contributed by atoms with Crippen molar-refractivity contribution in [3.8, 4) is 20.2 Å². The molecule has 0 saturated heterocycles. The van der Waals surface area contributed by atoms with Crippen LogP contribution < -0.4 is 0 Å². The van der Waals surface area contributed by atoms with E-state index < -0.39 is 0 Å². The van der Waals surface area contributed by atoms with Gasteiger partial charge in [-0.1, -0.05) is 12.1 Å². The van der Waals surface area contributed by atoms with Crippen LogP contribution in [-0.4, -0.2) is 0 Å². The van der Waals surface area contributed by atoms with Gasteiger partial charge in [-0.3, -0.25) is 0 Å². The third-order valence-corrected chi connectivity index (χ3v) is 5.72. The van der Waals surface area contributed by atoms with Gasteiger partial charge in [0.25, 0.3) is 0 Å². The molecule has 0 unspecified atom stereocenters. The summed E-state index contributed by atoms with van der Waals surface area (Å²) in [5.41, 5.74) is 2.75. The third-order valence-electron chi connectivity index (χ3n) is 2.77. The maximum atomic E-state index is 3.84. The van der Waals surface area contributed by atoms with Gasteiger partial charge in [-0.2, -0.15) is 0 Å². The van der Waals surface area contributed by atoms with E-state index in [-0.39, 0.29) is 0 Å². The standard InChI is InChI=1S/C15H12S3/c1-2-4-11-6-9-17-14(11)12-7-10-18-15(12)13-5-3-8-16-13/h2-3,5-10H,1,4H2. The van der Waals surface area contributed by atoms with Crippen molar-refractivity contribution < 1.29 is 0 Å². The van der Waals surface area contributed by atoms with Crippen LogP contribution in [-0.2, 0) is 6.42 Å². The Morgan fingerprint density at radius 3 is 2.56 bits per heavy atom. The van der Waals surface area contributed by atoms with Crippen molar-refractivity contribution in [3.05, 3.63) is 58.6 Å². The fraction of sp³-hybridized carbons (Fsp3) is 0.0667. The predicted octanol–water partition coefficient (Wildman–Crippen LogP) is 5.93. The van der Waals surface area contributed by atoms with E-state index in [1.165, 1.54) is 25.8 Å². The SMILES string of the molecule is C=CCc1ccsc1-c1ccsc1-c1cccs1. The van der Waals surface area contributed by atoms with Gasteiger partial charge in [0.2, 0.25) is 0 Å². The molecule has 18 heavy (non-hydrogen) atoms. The molecular formula is C15H12S3. The van der Waals surface area contributed by atoms with Crippen molar-refractivity contribution in [1.82, 2.24) is 0 Å². The highest BCUT2D eigenvalue weighted by Gasteiger charge is 2.13. The van der Waals surface area contributed by atoms with Crippen molar-refractivity contribution in [3.63, 3.8) is 0 Å². The maximum absolute atomic E-state index is 3.84. The van der Waals surface area contributed by atoms with E-state index in [9.17, 15) is 0 Å². The average Bonchev–Trinajstić information content (AvgIpc) is 3.10. The normalized spacial score (nSPS) is 10.7. The van der Waals surface area contributed by atoms with Crippen LogP contribution in [0.3, 0.4) is 0 Å². The molecule has 3 aromatic heterocycles. The first-order valence-electron chi connectivity index (χ1n) is 5.69. The molecule has 3 heteroatoms. The molecule has 0 nitrogen and oxygen atoms in total. The van der Waals surface area contributed by atoms with Crippen LogP contribution in [0.2, 0.25) is 0 Å². The van der Waals surface area contributed by atoms with Crippen LogP contribution in [0.5, 0.6) is 0 Å². The number of allylic oxidation sites excluding steroid dienone is 1. The Hall–Kier alpha value is -1.16. The first-order chi connectivity index (χ1) is 8.90.